The minimum absolute atomic E-state index is 0.224. The molecule has 3 aliphatic rings. The molecule has 0 aromatic heterocycles. The van der Waals surface area contributed by atoms with Crippen molar-refractivity contribution < 1.29 is 9.47 Å². The van der Waals surface area contributed by atoms with Crippen molar-refractivity contribution in [2.24, 2.45) is 0 Å². The first-order chi connectivity index (χ1) is 12.3. The summed E-state index contributed by atoms with van der Waals surface area (Å²) < 4.78 is 11.3. The number of benzene rings is 3. The fourth-order valence-electron chi connectivity index (χ4n) is 4.71. The van der Waals surface area contributed by atoms with Gasteiger partial charge in [0.2, 0.25) is 0 Å². The summed E-state index contributed by atoms with van der Waals surface area (Å²) in [5.41, 5.74) is 8.34. The molecular weight excluding hydrogens is 308 g/mol. The van der Waals surface area contributed by atoms with Crippen molar-refractivity contribution in [1.82, 2.24) is 0 Å². The molecule has 2 nitrogen and oxygen atoms in total. The summed E-state index contributed by atoms with van der Waals surface area (Å²) in [7, 11) is 3.47. The maximum absolute atomic E-state index is 5.81. The summed E-state index contributed by atoms with van der Waals surface area (Å²) in [4.78, 5) is 0. The number of hydrogen-bond donors (Lipinski definition) is 0. The summed E-state index contributed by atoms with van der Waals surface area (Å²) >= 11 is 0. The molecule has 0 fully saturated rings. The first-order valence-corrected chi connectivity index (χ1v) is 8.74. The van der Waals surface area contributed by atoms with Crippen molar-refractivity contribution >= 4 is 0 Å². The zero-order valence-electron chi connectivity index (χ0n) is 14.5. The molecule has 0 amide bonds. The second-order valence-electron chi connectivity index (χ2n) is 6.85. The number of ether oxygens (including phenoxy) is 2. The Balaban J connectivity index is 1.88. The Morgan fingerprint density at radius 2 is 1.36 bits per heavy atom. The van der Waals surface area contributed by atoms with Crippen molar-refractivity contribution in [2.45, 2.75) is 18.3 Å². The van der Waals surface area contributed by atoms with E-state index in [-0.39, 0.29) is 5.92 Å². The van der Waals surface area contributed by atoms with Gasteiger partial charge in [0.25, 0.3) is 0 Å². The lowest BCUT2D eigenvalue weighted by atomic mass is 9.72. The van der Waals surface area contributed by atoms with Crippen LogP contribution in [0.5, 0.6) is 11.5 Å². The molecule has 0 aliphatic heterocycles. The first-order valence-electron chi connectivity index (χ1n) is 8.74. The van der Waals surface area contributed by atoms with E-state index in [1.807, 2.05) is 6.07 Å². The van der Waals surface area contributed by atoms with E-state index in [9.17, 15) is 0 Å². The molecule has 0 atom stereocenters. The Hall–Kier alpha value is -2.74. The Labute approximate surface area is 148 Å². The number of hydrogen-bond acceptors (Lipinski definition) is 2. The molecule has 3 aliphatic carbocycles. The molecule has 3 aromatic carbocycles. The predicted molar refractivity (Wildman–Crippen MR) is 98.9 cm³/mol. The minimum Gasteiger partial charge on any atom is -0.497 e. The van der Waals surface area contributed by atoms with Crippen LogP contribution < -0.4 is 9.47 Å². The zero-order valence-corrected chi connectivity index (χ0v) is 14.5. The van der Waals surface area contributed by atoms with E-state index in [2.05, 4.69) is 54.6 Å². The zero-order chi connectivity index (χ0) is 17.0. The van der Waals surface area contributed by atoms with Gasteiger partial charge in [-0.15, -0.1) is 0 Å². The van der Waals surface area contributed by atoms with Crippen LogP contribution in [0.3, 0.4) is 0 Å². The van der Waals surface area contributed by atoms with Gasteiger partial charge in [0.1, 0.15) is 11.5 Å². The maximum Gasteiger partial charge on any atom is 0.126 e. The second kappa shape index (κ2) is 5.38. The van der Waals surface area contributed by atoms with Crippen molar-refractivity contribution in [2.75, 3.05) is 14.2 Å². The highest BCUT2D eigenvalue weighted by molar-refractivity contribution is 5.65. The summed E-state index contributed by atoms with van der Waals surface area (Å²) in [6.07, 6.45) is 0.980. The fourth-order valence-corrected chi connectivity index (χ4v) is 4.71. The largest absolute Gasteiger partial charge is 0.497 e. The maximum atomic E-state index is 5.81. The van der Waals surface area contributed by atoms with Crippen molar-refractivity contribution in [3.05, 3.63) is 94.0 Å². The molecule has 0 radical (unpaired) electrons. The molecule has 3 aromatic rings. The van der Waals surface area contributed by atoms with Gasteiger partial charge in [0.15, 0.2) is 0 Å². The summed E-state index contributed by atoms with van der Waals surface area (Å²) in [5, 5.41) is 0. The molecule has 124 valence electrons. The Bertz CT molecular complexity index is 926. The molecule has 2 heteroatoms. The molecule has 0 unspecified atom stereocenters. The molecule has 0 N–H and O–H groups in total. The lowest BCUT2D eigenvalue weighted by Gasteiger charge is -2.31. The van der Waals surface area contributed by atoms with Gasteiger partial charge >= 0.3 is 0 Å². The first kappa shape index (κ1) is 14.6. The van der Waals surface area contributed by atoms with Gasteiger partial charge in [-0.25, -0.2) is 0 Å². The third-order valence-electron chi connectivity index (χ3n) is 5.73. The van der Waals surface area contributed by atoms with Crippen LogP contribution in [0.15, 0.2) is 60.7 Å². The summed E-state index contributed by atoms with van der Waals surface area (Å²) in [6, 6.07) is 22.0. The third kappa shape index (κ3) is 1.97. The van der Waals surface area contributed by atoms with Crippen LogP contribution in [-0.2, 0) is 6.42 Å². The van der Waals surface area contributed by atoms with Crippen LogP contribution in [0.4, 0.5) is 0 Å². The van der Waals surface area contributed by atoms with Gasteiger partial charge in [-0.05, 0) is 40.3 Å². The van der Waals surface area contributed by atoms with E-state index in [4.69, 9.17) is 9.47 Å². The van der Waals surface area contributed by atoms with Gasteiger partial charge in [-0.1, -0.05) is 48.5 Å². The molecule has 25 heavy (non-hydrogen) atoms. The van der Waals surface area contributed by atoms with E-state index in [1.165, 1.54) is 33.4 Å². The highest BCUT2D eigenvalue weighted by atomic mass is 16.5. The normalized spacial score (nSPS) is 19.4. The monoisotopic (exact) mass is 328 g/mol. The SMILES string of the molecule is COc1cc2c(c(OC)c1)C1c3ccccc3C(C2)c2ccccc21. The Morgan fingerprint density at radius 3 is 1.92 bits per heavy atom. The minimum atomic E-state index is 0.224. The lowest BCUT2D eigenvalue weighted by Crippen LogP contribution is -2.16. The van der Waals surface area contributed by atoms with Gasteiger partial charge in [-0.3, -0.25) is 0 Å². The standard InChI is InChI=1S/C23H20O2/c1-24-15-11-14-12-20-16-7-3-5-9-18(16)23(22(14)21(13-15)25-2)19-10-6-4-8-17(19)20/h3-11,13,20,23H,12H2,1-2H3. The van der Waals surface area contributed by atoms with Crippen LogP contribution >= 0.6 is 0 Å². The van der Waals surface area contributed by atoms with Crippen LogP contribution in [0.2, 0.25) is 0 Å². The van der Waals surface area contributed by atoms with Crippen LogP contribution in [0, 0.1) is 0 Å². The van der Waals surface area contributed by atoms with E-state index in [1.54, 1.807) is 14.2 Å². The lowest BCUT2D eigenvalue weighted by molar-refractivity contribution is 0.390. The van der Waals surface area contributed by atoms with Crippen molar-refractivity contribution in [3.8, 4) is 11.5 Å². The highest BCUT2D eigenvalue weighted by Crippen LogP contribution is 2.54. The highest BCUT2D eigenvalue weighted by Gasteiger charge is 2.39. The molecule has 0 heterocycles. The van der Waals surface area contributed by atoms with E-state index >= 15 is 0 Å². The molecular formula is C23H20O2. The average molecular weight is 328 g/mol. The van der Waals surface area contributed by atoms with Crippen LogP contribution in [-0.4, -0.2) is 14.2 Å². The van der Waals surface area contributed by atoms with E-state index in [0.717, 1.165) is 17.9 Å². The average Bonchev–Trinajstić information content (AvgIpc) is 2.91. The van der Waals surface area contributed by atoms with Crippen LogP contribution in [0.1, 0.15) is 45.2 Å². The van der Waals surface area contributed by atoms with Gasteiger partial charge < -0.3 is 9.47 Å². The summed E-state index contributed by atoms with van der Waals surface area (Å²) in [5.74, 6) is 2.40. The predicted octanol–water partition coefficient (Wildman–Crippen LogP) is 4.89. The molecule has 0 spiro atoms. The third-order valence-corrected chi connectivity index (χ3v) is 5.73. The van der Waals surface area contributed by atoms with Gasteiger partial charge in [0.05, 0.1) is 14.2 Å². The second-order valence-corrected chi connectivity index (χ2v) is 6.85. The quantitative estimate of drug-likeness (QED) is 0.667. The van der Waals surface area contributed by atoms with Gasteiger partial charge in [-0.2, -0.15) is 0 Å². The topological polar surface area (TPSA) is 18.5 Å². The molecule has 6 rings (SSSR count). The molecule has 2 bridgehead atoms. The molecule has 0 saturated heterocycles. The summed E-state index contributed by atoms with van der Waals surface area (Å²) in [6.45, 7) is 0. The smallest absolute Gasteiger partial charge is 0.126 e. The molecule has 0 saturated carbocycles. The van der Waals surface area contributed by atoms with E-state index in [0.29, 0.717) is 5.92 Å². The van der Waals surface area contributed by atoms with Crippen LogP contribution in [0.25, 0.3) is 0 Å². The Morgan fingerprint density at radius 1 is 0.760 bits per heavy atom. The number of rotatable bonds is 2. The fraction of sp³-hybridized carbons (Fsp3) is 0.217. The van der Waals surface area contributed by atoms with Crippen molar-refractivity contribution in [1.29, 1.82) is 0 Å². The van der Waals surface area contributed by atoms with Gasteiger partial charge in [0, 0.05) is 23.5 Å². The van der Waals surface area contributed by atoms with Crippen molar-refractivity contribution in [3.63, 3.8) is 0 Å². The van der Waals surface area contributed by atoms with E-state index < -0.39 is 0 Å². The number of methoxy groups -OCH3 is 2. The Kier molecular flexibility index (Phi) is 3.14.